The first-order valence-corrected chi connectivity index (χ1v) is 6.07. The molecule has 1 aromatic rings. The third kappa shape index (κ3) is 3.15. The number of hydrogen-bond donors (Lipinski definition) is 3. The fourth-order valence-corrected chi connectivity index (χ4v) is 1.82. The Kier molecular flexibility index (Phi) is 3.89. The molecule has 0 saturated heterocycles. The van der Waals surface area contributed by atoms with Gasteiger partial charge in [-0.2, -0.15) is 0 Å². The lowest BCUT2D eigenvalue weighted by Gasteiger charge is -2.14. The van der Waals surface area contributed by atoms with Crippen LogP contribution < -0.4 is 15.4 Å². The largest absolute Gasteiger partial charge is 0.491 e. The Balaban J connectivity index is 1.86. The van der Waals surface area contributed by atoms with E-state index in [2.05, 4.69) is 10.6 Å². The highest BCUT2D eigenvalue weighted by molar-refractivity contribution is 5.76. The summed E-state index contributed by atoms with van der Waals surface area (Å²) >= 11 is 0. The summed E-state index contributed by atoms with van der Waals surface area (Å²) in [5.41, 5.74) is 0.934. The summed E-state index contributed by atoms with van der Waals surface area (Å²) in [6.07, 6.45) is 0. The van der Waals surface area contributed by atoms with Gasteiger partial charge in [-0.1, -0.05) is 25.1 Å². The molecule has 6 heteroatoms. The number of ether oxygens (including phenoxy) is 1. The van der Waals surface area contributed by atoms with Gasteiger partial charge >= 0.3 is 12.0 Å². The van der Waals surface area contributed by atoms with E-state index < -0.39 is 17.9 Å². The second kappa shape index (κ2) is 5.60. The molecule has 0 aliphatic carbocycles. The monoisotopic (exact) mass is 264 g/mol. The first-order valence-electron chi connectivity index (χ1n) is 6.07. The number of urea groups is 1. The van der Waals surface area contributed by atoms with E-state index in [1.807, 2.05) is 24.3 Å². The number of rotatable bonds is 4. The summed E-state index contributed by atoms with van der Waals surface area (Å²) in [6.45, 7) is 2.02. The molecular weight excluding hydrogens is 248 g/mol. The number of carbonyl (C=O) groups is 2. The van der Waals surface area contributed by atoms with Gasteiger partial charge in [0.15, 0.2) is 0 Å². The van der Waals surface area contributed by atoms with E-state index in [0.29, 0.717) is 6.61 Å². The van der Waals surface area contributed by atoms with Gasteiger partial charge < -0.3 is 20.5 Å². The van der Waals surface area contributed by atoms with Gasteiger partial charge in [-0.15, -0.1) is 0 Å². The lowest BCUT2D eigenvalue weighted by atomic mass is 10.1. The molecule has 3 N–H and O–H groups in total. The van der Waals surface area contributed by atoms with Crippen LogP contribution in [0.3, 0.4) is 0 Å². The van der Waals surface area contributed by atoms with Gasteiger partial charge in [0.05, 0.1) is 12.0 Å². The minimum Gasteiger partial charge on any atom is -0.491 e. The number of carbonyl (C=O) groups excluding carboxylic acids is 1. The molecular formula is C13H16N2O4. The Bertz CT molecular complexity index is 489. The van der Waals surface area contributed by atoms with Gasteiger partial charge in [0.2, 0.25) is 0 Å². The molecule has 6 nitrogen and oxygen atoms in total. The first kappa shape index (κ1) is 13.2. The molecule has 1 aliphatic rings. The molecule has 0 saturated carbocycles. The molecule has 0 radical (unpaired) electrons. The van der Waals surface area contributed by atoms with Gasteiger partial charge in [-0.25, -0.2) is 4.79 Å². The van der Waals surface area contributed by atoms with Crippen LogP contribution in [0.2, 0.25) is 0 Å². The average Bonchev–Trinajstić information content (AvgIpc) is 2.79. The predicted molar refractivity (Wildman–Crippen MR) is 68.0 cm³/mol. The SMILES string of the molecule is CC(CNC(=O)NC1COc2ccccc21)C(=O)O. The van der Waals surface area contributed by atoms with Crippen molar-refractivity contribution in [3.8, 4) is 5.75 Å². The van der Waals surface area contributed by atoms with E-state index in [1.165, 1.54) is 6.92 Å². The number of fused-ring (bicyclic) bond motifs is 1. The van der Waals surface area contributed by atoms with Crippen molar-refractivity contribution in [1.82, 2.24) is 10.6 Å². The summed E-state index contributed by atoms with van der Waals surface area (Å²) in [6, 6.07) is 6.91. The third-order valence-corrected chi connectivity index (χ3v) is 3.00. The summed E-state index contributed by atoms with van der Waals surface area (Å²) in [7, 11) is 0. The zero-order valence-corrected chi connectivity index (χ0v) is 10.6. The molecule has 0 bridgehead atoms. The van der Waals surface area contributed by atoms with Crippen molar-refractivity contribution >= 4 is 12.0 Å². The summed E-state index contributed by atoms with van der Waals surface area (Å²) in [5, 5.41) is 14.0. The molecule has 2 amide bonds. The van der Waals surface area contributed by atoms with Crippen molar-refractivity contribution < 1.29 is 19.4 Å². The van der Waals surface area contributed by atoms with Crippen LogP contribution in [0.5, 0.6) is 5.75 Å². The quantitative estimate of drug-likeness (QED) is 0.761. The van der Waals surface area contributed by atoms with E-state index >= 15 is 0 Å². The highest BCUT2D eigenvalue weighted by Crippen LogP contribution is 2.31. The van der Waals surface area contributed by atoms with Gasteiger partial charge in [-0.3, -0.25) is 4.79 Å². The predicted octanol–water partition coefficient (Wildman–Crippen LogP) is 1.14. The van der Waals surface area contributed by atoms with E-state index in [9.17, 15) is 9.59 Å². The molecule has 2 unspecified atom stereocenters. The Labute approximate surface area is 110 Å². The number of nitrogens with one attached hydrogen (secondary N) is 2. The van der Waals surface area contributed by atoms with Crippen molar-refractivity contribution in [3.63, 3.8) is 0 Å². The topological polar surface area (TPSA) is 87.7 Å². The minimum atomic E-state index is -0.935. The highest BCUT2D eigenvalue weighted by Gasteiger charge is 2.25. The van der Waals surface area contributed by atoms with Crippen molar-refractivity contribution in [2.24, 2.45) is 5.92 Å². The minimum absolute atomic E-state index is 0.0936. The summed E-state index contributed by atoms with van der Waals surface area (Å²) in [4.78, 5) is 22.3. The van der Waals surface area contributed by atoms with E-state index in [0.717, 1.165) is 11.3 Å². The van der Waals surface area contributed by atoms with Crippen LogP contribution in [-0.4, -0.2) is 30.3 Å². The molecule has 0 fully saturated rings. The molecule has 2 rings (SSSR count). The molecule has 0 aromatic heterocycles. The lowest BCUT2D eigenvalue weighted by Crippen LogP contribution is -2.41. The third-order valence-electron chi connectivity index (χ3n) is 3.00. The number of para-hydroxylation sites is 1. The second-order valence-electron chi connectivity index (χ2n) is 4.50. The number of aliphatic carboxylic acids is 1. The van der Waals surface area contributed by atoms with Crippen molar-refractivity contribution in [2.75, 3.05) is 13.2 Å². The molecule has 0 spiro atoms. The number of benzene rings is 1. The fourth-order valence-electron chi connectivity index (χ4n) is 1.82. The number of carboxylic acids is 1. The molecule has 19 heavy (non-hydrogen) atoms. The maximum Gasteiger partial charge on any atom is 0.315 e. The van der Waals surface area contributed by atoms with E-state index in [-0.39, 0.29) is 12.6 Å². The number of amides is 2. The van der Waals surface area contributed by atoms with Crippen LogP contribution in [0.25, 0.3) is 0 Å². The van der Waals surface area contributed by atoms with Gasteiger partial charge in [0.1, 0.15) is 12.4 Å². The van der Waals surface area contributed by atoms with Crippen LogP contribution in [0.15, 0.2) is 24.3 Å². The molecule has 2 atom stereocenters. The van der Waals surface area contributed by atoms with Crippen molar-refractivity contribution in [3.05, 3.63) is 29.8 Å². The van der Waals surface area contributed by atoms with Crippen molar-refractivity contribution in [2.45, 2.75) is 13.0 Å². The molecule has 1 heterocycles. The second-order valence-corrected chi connectivity index (χ2v) is 4.50. The number of carboxylic acid groups (broad SMARTS) is 1. The van der Waals surface area contributed by atoms with Crippen LogP contribution in [0.1, 0.15) is 18.5 Å². The normalized spacial score (nSPS) is 18.1. The van der Waals surface area contributed by atoms with Crippen LogP contribution >= 0.6 is 0 Å². The fraction of sp³-hybridized carbons (Fsp3) is 0.385. The zero-order valence-electron chi connectivity index (χ0n) is 10.6. The van der Waals surface area contributed by atoms with Crippen LogP contribution in [0.4, 0.5) is 4.79 Å². The van der Waals surface area contributed by atoms with Gasteiger partial charge in [0, 0.05) is 12.1 Å². The van der Waals surface area contributed by atoms with E-state index in [4.69, 9.17) is 9.84 Å². The first-order chi connectivity index (χ1) is 9.08. The van der Waals surface area contributed by atoms with E-state index in [1.54, 1.807) is 0 Å². The Morgan fingerprint density at radius 3 is 2.95 bits per heavy atom. The zero-order chi connectivity index (χ0) is 13.8. The van der Waals surface area contributed by atoms with Gasteiger partial charge in [-0.05, 0) is 6.07 Å². The maximum absolute atomic E-state index is 11.7. The highest BCUT2D eigenvalue weighted by atomic mass is 16.5. The lowest BCUT2D eigenvalue weighted by molar-refractivity contribution is -0.140. The Hall–Kier alpha value is -2.24. The van der Waals surface area contributed by atoms with Gasteiger partial charge in [0.25, 0.3) is 0 Å². The van der Waals surface area contributed by atoms with Crippen molar-refractivity contribution in [1.29, 1.82) is 0 Å². The number of hydrogen-bond acceptors (Lipinski definition) is 3. The molecule has 1 aliphatic heterocycles. The smallest absolute Gasteiger partial charge is 0.315 e. The Morgan fingerprint density at radius 2 is 2.21 bits per heavy atom. The van der Waals surface area contributed by atoms with Crippen LogP contribution in [0, 0.1) is 5.92 Å². The molecule has 1 aromatic carbocycles. The standard InChI is InChI=1S/C13H16N2O4/c1-8(12(16)17)6-14-13(18)15-10-7-19-11-5-3-2-4-9(10)11/h2-5,8,10H,6-7H2,1H3,(H,16,17)(H2,14,15,18). The maximum atomic E-state index is 11.7. The Morgan fingerprint density at radius 1 is 1.47 bits per heavy atom. The summed E-state index contributed by atoms with van der Waals surface area (Å²) < 4.78 is 5.44. The molecule has 102 valence electrons. The van der Waals surface area contributed by atoms with Crippen LogP contribution in [-0.2, 0) is 4.79 Å². The summed E-state index contributed by atoms with van der Waals surface area (Å²) in [5.74, 6) is -0.778. The average molecular weight is 264 g/mol.